The van der Waals surface area contributed by atoms with Crippen molar-refractivity contribution in [2.45, 2.75) is 31.6 Å². The van der Waals surface area contributed by atoms with Crippen LogP contribution in [0.4, 0.5) is 13.2 Å². The average Bonchev–Trinajstić information content (AvgIpc) is 2.56. The molecule has 0 atom stereocenters. The molecule has 0 unspecified atom stereocenters. The first-order valence-corrected chi connectivity index (χ1v) is 5.85. The van der Waals surface area contributed by atoms with E-state index in [1.54, 1.807) is 13.8 Å². The van der Waals surface area contributed by atoms with Crippen LogP contribution in [0.5, 0.6) is 0 Å². The molecule has 1 N–H and O–H groups in total. The molecule has 96 valence electrons. The van der Waals surface area contributed by atoms with E-state index in [1.165, 1.54) is 0 Å². The maximum atomic E-state index is 12.6. The number of aryl methyl sites for hydroxylation is 1. The van der Waals surface area contributed by atoms with E-state index in [9.17, 15) is 18.0 Å². The van der Waals surface area contributed by atoms with Crippen LogP contribution in [0.1, 0.15) is 29.9 Å². The van der Waals surface area contributed by atoms with E-state index in [-0.39, 0.29) is 11.6 Å². The fourth-order valence-electron chi connectivity index (χ4n) is 1.34. The lowest BCUT2D eigenvalue weighted by molar-refractivity contribution is -0.142. The Morgan fingerprint density at radius 3 is 2.41 bits per heavy atom. The highest BCUT2D eigenvalue weighted by molar-refractivity contribution is 7.99. The Bertz CT molecular complexity index is 429. The fourth-order valence-corrected chi connectivity index (χ4v) is 2.26. The molecule has 1 heterocycles. The molecule has 0 aromatic carbocycles. The number of hydrogen-bond acceptors (Lipinski definition) is 3. The van der Waals surface area contributed by atoms with Crippen molar-refractivity contribution in [2.24, 2.45) is 0 Å². The lowest BCUT2D eigenvalue weighted by Crippen LogP contribution is -2.12. The first-order valence-electron chi connectivity index (χ1n) is 4.87. The number of thioether (sulfide) groups is 1. The third-order valence-electron chi connectivity index (χ3n) is 1.97. The zero-order chi connectivity index (χ0) is 13.2. The fraction of sp³-hybridized carbons (Fsp3) is 0.556. The number of alkyl halides is 3. The number of nitrogens with zero attached hydrogens (tertiary/aromatic N) is 2. The van der Waals surface area contributed by atoms with Gasteiger partial charge >= 0.3 is 12.1 Å². The molecule has 0 saturated heterocycles. The molecule has 0 saturated carbocycles. The van der Waals surface area contributed by atoms with E-state index in [2.05, 4.69) is 5.10 Å². The van der Waals surface area contributed by atoms with Crippen molar-refractivity contribution in [3.8, 4) is 0 Å². The highest BCUT2D eigenvalue weighted by Crippen LogP contribution is 2.36. The van der Waals surface area contributed by atoms with Gasteiger partial charge in [0.2, 0.25) is 0 Å². The molecule has 0 amide bonds. The smallest absolute Gasteiger partial charge is 0.436 e. The number of rotatable bonds is 4. The number of carbonyl (C=O) groups is 1. The predicted molar refractivity (Wildman–Crippen MR) is 56.3 cm³/mol. The van der Waals surface area contributed by atoms with E-state index >= 15 is 0 Å². The van der Waals surface area contributed by atoms with Crippen molar-refractivity contribution in [3.05, 3.63) is 11.3 Å². The summed E-state index contributed by atoms with van der Waals surface area (Å²) in [7, 11) is 0. The first kappa shape index (κ1) is 13.9. The van der Waals surface area contributed by atoms with Crippen molar-refractivity contribution in [3.63, 3.8) is 0 Å². The number of halogens is 3. The first-order chi connectivity index (χ1) is 7.82. The largest absolute Gasteiger partial charge is 0.478 e. The van der Waals surface area contributed by atoms with Gasteiger partial charge in [0, 0.05) is 6.54 Å². The van der Waals surface area contributed by atoms with Crippen molar-refractivity contribution in [1.29, 1.82) is 0 Å². The van der Waals surface area contributed by atoms with E-state index < -0.39 is 23.4 Å². The highest BCUT2D eigenvalue weighted by atomic mass is 32.2. The molecule has 0 aliphatic carbocycles. The van der Waals surface area contributed by atoms with E-state index in [4.69, 9.17) is 5.11 Å². The van der Waals surface area contributed by atoms with Gasteiger partial charge in [0.15, 0.2) is 5.69 Å². The minimum atomic E-state index is -4.75. The summed E-state index contributed by atoms with van der Waals surface area (Å²) in [6.45, 7) is 3.54. The molecule has 0 spiro atoms. The Labute approximate surface area is 99.8 Å². The van der Waals surface area contributed by atoms with Crippen molar-refractivity contribution >= 4 is 17.7 Å². The van der Waals surface area contributed by atoms with Crippen molar-refractivity contribution in [1.82, 2.24) is 9.78 Å². The number of aromatic carboxylic acids is 1. The zero-order valence-corrected chi connectivity index (χ0v) is 10.0. The minimum absolute atomic E-state index is 0.0508. The van der Waals surface area contributed by atoms with Gasteiger partial charge in [0.1, 0.15) is 10.6 Å². The van der Waals surface area contributed by atoms with Gasteiger partial charge in [0.05, 0.1) is 0 Å². The van der Waals surface area contributed by atoms with Crippen LogP contribution in [0.25, 0.3) is 0 Å². The molecular formula is C9H11F3N2O2S. The number of aromatic nitrogens is 2. The summed E-state index contributed by atoms with van der Waals surface area (Å²) in [6.07, 6.45) is -4.75. The lowest BCUT2D eigenvalue weighted by atomic mass is 10.2. The van der Waals surface area contributed by atoms with Crippen LogP contribution in [0, 0.1) is 0 Å². The Hall–Kier alpha value is -1.18. The average molecular weight is 268 g/mol. The van der Waals surface area contributed by atoms with Crippen LogP contribution in [-0.4, -0.2) is 26.6 Å². The molecule has 0 radical (unpaired) electrons. The maximum absolute atomic E-state index is 12.6. The molecule has 17 heavy (non-hydrogen) atoms. The number of carboxylic acid groups (broad SMARTS) is 1. The lowest BCUT2D eigenvalue weighted by Gasteiger charge is -2.04. The molecular weight excluding hydrogens is 257 g/mol. The second-order valence-corrected chi connectivity index (χ2v) is 4.33. The molecule has 4 nitrogen and oxygen atoms in total. The Morgan fingerprint density at radius 1 is 1.47 bits per heavy atom. The van der Waals surface area contributed by atoms with Gasteiger partial charge in [-0.3, -0.25) is 4.68 Å². The molecule has 1 aromatic rings. The van der Waals surface area contributed by atoms with Crippen molar-refractivity contribution < 1.29 is 23.1 Å². The summed E-state index contributed by atoms with van der Waals surface area (Å²) in [5.74, 6) is -1.13. The van der Waals surface area contributed by atoms with Crippen LogP contribution in [0.3, 0.4) is 0 Å². The van der Waals surface area contributed by atoms with Crippen molar-refractivity contribution in [2.75, 3.05) is 5.75 Å². The molecule has 0 bridgehead atoms. The van der Waals surface area contributed by atoms with Crippen LogP contribution in [0.2, 0.25) is 0 Å². The third kappa shape index (κ3) is 2.74. The number of hydrogen-bond donors (Lipinski definition) is 1. The quantitative estimate of drug-likeness (QED) is 0.853. The molecule has 0 fully saturated rings. The third-order valence-corrected chi connectivity index (χ3v) is 2.95. The standard InChI is InChI=1S/C9H11F3N2O2S/c1-3-14-7(17-4-2)5(8(15)16)6(13-14)9(10,11)12/h3-4H2,1-2H3,(H,15,16). The second-order valence-electron chi connectivity index (χ2n) is 3.08. The van der Waals surface area contributed by atoms with Gasteiger partial charge in [0.25, 0.3) is 0 Å². The second kappa shape index (κ2) is 4.99. The molecule has 1 rings (SSSR count). The van der Waals surface area contributed by atoms with E-state index in [0.29, 0.717) is 5.75 Å². The van der Waals surface area contributed by atoms with Crippen LogP contribution < -0.4 is 0 Å². The molecule has 0 aliphatic rings. The molecule has 8 heteroatoms. The summed E-state index contributed by atoms with van der Waals surface area (Å²) in [5.41, 5.74) is -2.09. The van der Waals surface area contributed by atoms with Crippen LogP contribution in [0.15, 0.2) is 5.03 Å². The summed E-state index contributed by atoms with van der Waals surface area (Å²) in [4.78, 5) is 10.9. The predicted octanol–water partition coefficient (Wildman–Crippen LogP) is 2.73. The summed E-state index contributed by atoms with van der Waals surface area (Å²) < 4.78 is 39.0. The maximum Gasteiger partial charge on any atom is 0.436 e. The van der Waals surface area contributed by atoms with Gasteiger partial charge in [-0.05, 0) is 12.7 Å². The number of carboxylic acids is 1. The van der Waals surface area contributed by atoms with Gasteiger partial charge < -0.3 is 5.11 Å². The Morgan fingerprint density at radius 2 is 2.06 bits per heavy atom. The Kier molecular flexibility index (Phi) is 4.07. The van der Waals surface area contributed by atoms with Gasteiger partial charge in [-0.15, -0.1) is 11.8 Å². The molecule has 1 aromatic heterocycles. The van der Waals surface area contributed by atoms with Crippen LogP contribution >= 0.6 is 11.8 Å². The van der Waals surface area contributed by atoms with Gasteiger partial charge in [-0.25, -0.2) is 4.79 Å². The van der Waals surface area contributed by atoms with Gasteiger partial charge in [-0.2, -0.15) is 18.3 Å². The summed E-state index contributed by atoms with van der Waals surface area (Å²) in [6, 6.07) is 0. The minimum Gasteiger partial charge on any atom is -0.478 e. The Balaban J connectivity index is 3.46. The molecule has 0 aliphatic heterocycles. The monoisotopic (exact) mass is 268 g/mol. The topological polar surface area (TPSA) is 55.1 Å². The summed E-state index contributed by atoms with van der Waals surface area (Å²) >= 11 is 1.04. The van der Waals surface area contributed by atoms with Gasteiger partial charge in [-0.1, -0.05) is 6.92 Å². The van der Waals surface area contributed by atoms with Crippen LogP contribution in [-0.2, 0) is 12.7 Å². The summed E-state index contributed by atoms with van der Waals surface area (Å²) in [5, 5.41) is 12.3. The van der Waals surface area contributed by atoms with E-state index in [0.717, 1.165) is 16.4 Å². The SMILES string of the molecule is CCSc1c(C(=O)O)c(C(F)(F)F)nn1CC. The normalized spacial score (nSPS) is 11.8. The van der Waals surface area contributed by atoms with E-state index in [1.807, 2.05) is 0 Å². The highest BCUT2D eigenvalue weighted by Gasteiger charge is 2.41. The zero-order valence-electron chi connectivity index (χ0n) is 9.21.